The van der Waals surface area contributed by atoms with Crippen LogP contribution in [-0.2, 0) is 17.6 Å². The first-order valence-corrected chi connectivity index (χ1v) is 10.8. The van der Waals surface area contributed by atoms with Gasteiger partial charge in [0.1, 0.15) is 11.5 Å². The van der Waals surface area contributed by atoms with E-state index in [-0.39, 0.29) is 23.8 Å². The number of nitrogens with one attached hydrogen (secondary N) is 3. The molecule has 0 fully saturated rings. The molecular weight excluding hydrogens is 436 g/mol. The summed E-state index contributed by atoms with van der Waals surface area (Å²) in [6.07, 6.45) is 2.13. The maximum Gasteiger partial charge on any atom is 0.305 e. The molecule has 0 radical (unpaired) electrons. The van der Waals surface area contributed by atoms with Crippen molar-refractivity contribution in [2.75, 3.05) is 0 Å². The number of nitrogens with zero attached hydrogens (tertiary/aromatic N) is 1. The first-order chi connectivity index (χ1) is 16.4. The van der Waals surface area contributed by atoms with Gasteiger partial charge in [0.25, 0.3) is 5.91 Å². The van der Waals surface area contributed by atoms with Crippen LogP contribution in [0, 0.1) is 6.92 Å². The lowest BCUT2D eigenvalue weighted by molar-refractivity contribution is -0.121. The fourth-order valence-corrected chi connectivity index (χ4v) is 3.80. The van der Waals surface area contributed by atoms with E-state index in [1.54, 1.807) is 6.92 Å². The molecule has 0 saturated heterocycles. The van der Waals surface area contributed by atoms with Crippen LogP contribution in [0.2, 0.25) is 0 Å². The molecule has 0 bridgehead atoms. The van der Waals surface area contributed by atoms with Crippen LogP contribution in [0.4, 0.5) is 0 Å². The summed E-state index contributed by atoms with van der Waals surface area (Å²) in [5, 5.41) is 13.6. The van der Waals surface area contributed by atoms with Crippen LogP contribution in [0.1, 0.15) is 56.2 Å². The van der Waals surface area contributed by atoms with Crippen molar-refractivity contribution in [3.8, 4) is 5.75 Å². The summed E-state index contributed by atoms with van der Waals surface area (Å²) in [6.45, 7) is 1.74. The molecule has 0 saturated carbocycles. The Labute approximate surface area is 195 Å². The van der Waals surface area contributed by atoms with Crippen LogP contribution < -0.4 is 16.3 Å². The monoisotopic (exact) mass is 460 g/mol. The van der Waals surface area contributed by atoms with Crippen LogP contribution in [0.25, 0.3) is 0 Å². The van der Waals surface area contributed by atoms with Crippen LogP contribution >= 0.6 is 0 Å². The Kier molecular flexibility index (Phi) is 6.72. The lowest BCUT2D eigenvalue weighted by Gasteiger charge is -2.13. The van der Waals surface area contributed by atoms with Gasteiger partial charge in [-0.15, -0.1) is 0 Å². The number of aryl methyl sites for hydroxylation is 1. The van der Waals surface area contributed by atoms with Gasteiger partial charge in [-0.05, 0) is 49.6 Å². The number of benzene rings is 2. The Morgan fingerprint density at radius 3 is 2.44 bits per heavy atom. The number of furan rings is 1. The molecule has 34 heavy (non-hydrogen) atoms. The van der Waals surface area contributed by atoms with E-state index in [9.17, 15) is 19.5 Å². The highest BCUT2D eigenvalue weighted by molar-refractivity contribution is 6.07. The third-order valence-electron chi connectivity index (χ3n) is 5.48. The third kappa shape index (κ3) is 5.15. The number of rotatable bonds is 5. The summed E-state index contributed by atoms with van der Waals surface area (Å²) in [5.41, 5.74) is 10.4. The van der Waals surface area contributed by atoms with Crippen LogP contribution in [-0.4, -0.2) is 28.5 Å². The topological polar surface area (TPSA) is 133 Å². The predicted octanol–water partition coefficient (Wildman–Crippen LogP) is 2.77. The average molecular weight is 460 g/mol. The number of hydrogen-bond donors (Lipinski definition) is 4. The van der Waals surface area contributed by atoms with E-state index in [1.807, 2.05) is 30.3 Å². The summed E-state index contributed by atoms with van der Waals surface area (Å²) in [6, 6.07) is 15.0. The standard InChI is InChI=1S/C25H24N4O5/c1-15-22-19(26-28-24(32)17-10-12-18(30)13-11-17)8-5-9-20(22)34-23(15)25(33)29-27-21(31)14-16-6-3-2-4-7-16/h2-4,6-7,10-13,30H,5,8-9,14H2,1H3,(H,27,31)(H,28,32)(H,29,33)/b26-19+. The quantitative estimate of drug-likeness (QED) is 0.435. The van der Waals surface area contributed by atoms with E-state index < -0.39 is 11.8 Å². The Morgan fingerprint density at radius 2 is 1.71 bits per heavy atom. The maximum absolute atomic E-state index is 12.7. The van der Waals surface area contributed by atoms with Crippen LogP contribution in [0.3, 0.4) is 0 Å². The van der Waals surface area contributed by atoms with Gasteiger partial charge < -0.3 is 9.52 Å². The number of phenols is 1. The van der Waals surface area contributed by atoms with Crippen LogP contribution in [0.5, 0.6) is 5.75 Å². The molecule has 1 aliphatic rings. The van der Waals surface area contributed by atoms with E-state index in [4.69, 9.17) is 4.42 Å². The zero-order chi connectivity index (χ0) is 24.1. The highest BCUT2D eigenvalue weighted by Crippen LogP contribution is 2.29. The summed E-state index contributed by atoms with van der Waals surface area (Å²) >= 11 is 0. The summed E-state index contributed by atoms with van der Waals surface area (Å²) < 4.78 is 5.80. The van der Waals surface area contributed by atoms with Crippen molar-refractivity contribution in [2.45, 2.75) is 32.6 Å². The SMILES string of the molecule is Cc1c(C(=O)NNC(=O)Cc2ccccc2)oc2c1/C(=N/NC(=O)c1ccc(O)cc1)CCC2. The number of carbonyl (C=O) groups is 3. The first-order valence-electron chi connectivity index (χ1n) is 10.8. The van der Waals surface area contributed by atoms with Gasteiger partial charge in [0, 0.05) is 23.1 Å². The van der Waals surface area contributed by atoms with E-state index in [0.29, 0.717) is 41.0 Å². The first kappa shape index (κ1) is 22.8. The Hall–Kier alpha value is -4.40. The lowest BCUT2D eigenvalue weighted by Crippen LogP contribution is -2.42. The van der Waals surface area contributed by atoms with Gasteiger partial charge in [0.2, 0.25) is 5.91 Å². The fraction of sp³-hybridized carbons (Fsp3) is 0.200. The Morgan fingerprint density at radius 1 is 0.971 bits per heavy atom. The lowest BCUT2D eigenvalue weighted by atomic mass is 9.93. The van der Waals surface area contributed by atoms with E-state index in [0.717, 1.165) is 12.0 Å². The second-order valence-corrected chi connectivity index (χ2v) is 7.92. The van der Waals surface area contributed by atoms with Gasteiger partial charge in [0.05, 0.1) is 12.1 Å². The normalized spacial score (nSPS) is 13.7. The van der Waals surface area contributed by atoms with Gasteiger partial charge in [0.15, 0.2) is 5.76 Å². The van der Waals surface area contributed by atoms with Gasteiger partial charge in [-0.3, -0.25) is 25.2 Å². The molecule has 174 valence electrons. The highest BCUT2D eigenvalue weighted by Gasteiger charge is 2.28. The predicted molar refractivity (Wildman–Crippen MR) is 124 cm³/mol. The molecule has 1 heterocycles. The van der Waals surface area contributed by atoms with E-state index in [2.05, 4.69) is 21.4 Å². The minimum atomic E-state index is -0.569. The largest absolute Gasteiger partial charge is 0.508 e. The van der Waals surface area contributed by atoms with Gasteiger partial charge in [-0.2, -0.15) is 5.10 Å². The molecule has 0 unspecified atom stereocenters. The number of amides is 3. The summed E-state index contributed by atoms with van der Waals surface area (Å²) in [7, 11) is 0. The van der Waals surface area contributed by atoms with Crippen molar-refractivity contribution in [2.24, 2.45) is 5.10 Å². The van der Waals surface area contributed by atoms with Crippen molar-refractivity contribution < 1.29 is 23.9 Å². The van der Waals surface area contributed by atoms with E-state index >= 15 is 0 Å². The molecule has 2 aromatic carbocycles. The molecule has 4 rings (SSSR count). The molecular formula is C25H24N4O5. The Balaban J connectivity index is 1.43. The number of phenolic OH excluding ortho intramolecular Hbond substituents is 1. The molecule has 3 aromatic rings. The third-order valence-corrected chi connectivity index (χ3v) is 5.48. The second-order valence-electron chi connectivity index (χ2n) is 7.92. The molecule has 9 nitrogen and oxygen atoms in total. The van der Waals surface area contributed by atoms with Gasteiger partial charge in [-0.25, -0.2) is 5.43 Å². The molecule has 1 aliphatic carbocycles. The molecule has 0 atom stereocenters. The number of hydrogen-bond acceptors (Lipinski definition) is 6. The van der Waals surface area contributed by atoms with Crippen molar-refractivity contribution in [1.82, 2.24) is 16.3 Å². The molecule has 4 N–H and O–H groups in total. The van der Waals surface area contributed by atoms with Crippen molar-refractivity contribution in [1.29, 1.82) is 0 Å². The smallest absolute Gasteiger partial charge is 0.305 e. The molecule has 1 aromatic heterocycles. The van der Waals surface area contributed by atoms with Gasteiger partial charge in [-0.1, -0.05) is 30.3 Å². The maximum atomic E-state index is 12.7. The second kappa shape index (κ2) is 10.0. The zero-order valence-corrected chi connectivity index (χ0v) is 18.6. The number of aromatic hydroxyl groups is 1. The molecule has 3 amide bonds. The van der Waals surface area contributed by atoms with Crippen molar-refractivity contribution in [3.63, 3.8) is 0 Å². The Bertz CT molecular complexity index is 1250. The van der Waals surface area contributed by atoms with Crippen LogP contribution in [0.15, 0.2) is 64.1 Å². The minimum absolute atomic E-state index is 0.0656. The highest BCUT2D eigenvalue weighted by atomic mass is 16.4. The summed E-state index contributed by atoms with van der Waals surface area (Å²) in [4.78, 5) is 37.2. The van der Waals surface area contributed by atoms with Crippen molar-refractivity contribution in [3.05, 3.63) is 88.4 Å². The van der Waals surface area contributed by atoms with Crippen molar-refractivity contribution >= 4 is 23.4 Å². The summed E-state index contributed by atoms with van der Waals surface area (Å²) in [5.74, 6) is -0.573. The molecule has 0 aliphatic heterocycles. The molecule has 9 heteroatoms. The van der Waals surface area contributed by atoms with Gasteiger partial charge >= 0.3 is 5.91 Å². The molecule has 0 spiro atoms. The fourth-order valence-electron chi connectivity index (χ4n) is 3.80. The van der Waals surface area contributed by atoms with E-state index in [1.165, 1.54) is 24.3 Å². The number of carbonyl (C=O) groups excluding carboxylic acids is 3. The number of hydrazine groups is 1. The average Bonchev–Trinajstić information content (AvgIpc) is 3.19. The number of hydrazone groups is 1. The minimum Gasteiger partial charge on any atom is -0.508 e. The zero-order valence-electron chi connectivity index (χ0n) is 18.6. The number of fused-ring (bicyclic) bond motifs is 1.